The fourth-order valence-corrected chi connectivity index (χ4v) is 2.10. The van der Waals surface area contributed by atoms with Crippen molar-refractivity contribution in [2.45, 2.75) is 27.2 Å². The van der Waals surface area contributed by atoms with Crippen LogP contribution in [0.25, 0.3) is 0 Å². The van der Waals surface area contributed by atoms with Crippen LogP contribution in [0, 0.1) is 12.8 Å². The highest BCUT2D eigenvalue weighted by Crippen LogP contribution is 2.27. The summed E-state index contributed by atoms with van der Waals surface area (Å²) < 4.78 is 5.36. The first kappa shape index (κ1) is 14.8. The molecule has 0 aliphatic heterocycles. The van der Waals surface area contributed by atoms with Gasteiger partial charge in [0, 0.05) is 17.5 Å². The minimum atomic E-state index is 0.00740. The van der Waals surface area contributed by atoms with Crippen molar-refractivity contribution in [3.05, 3.63) is 28.3 Å². The highest BCUT2D eigenvalue weighted by Gasteiger charge is 2.10. The molecule has 100 valence electrons. The Bertz CT molecular complexity index is 430. The normalized spacial score (nSPS) is 10.6. The van der Waals surface area contributed by atoms with Crippen molar-refractivity contribution in [3.63, 3.8) is 0 Å². The summed E-state index contributed by atoms with van der Waals surface area (Å²) in [6, 6.07) is 3.76. The van der Waals surface area contributed by atoms with Crippen LogP contribution < -0.4 is 10.1 Å². The molecule has 1 N–H and O–H groups in total. The Kier molecular flexibility index (Phi) is 5.48. The largest absolute Gasteiger partial charge is 0.496 e. The molecule has 0 heterocycles. The average molecular weight is 270 g/mol. The molecule has 3 nitrogen and oxygen atoms in total. The van der Waals surface area contributed by atoms with E-state index in [0.29, 0.717) is 18.0 Å². The highest BCUT2D eigenvalue weighted by atomic mass is 35.5. The number of carbonyl (C=O) groups excluding carboxylic acids is 1. The second kappa shape index (κ2) is 6.64. The van der Waals surface area contributed by atoms with E-state index >= 15 is 0 Å². The SMILES string of the molecule is COc1c(C)cc(Cl)cc1CCNC(=O)C(C)C. The first-order valence-corrected chi connectivity index (χ1v) is 6.44. The van der Waals surface area contributed by atoms with Crippen molar-refractivity contribution in [1.29, 1.82) is 0 Å². The third kappa shape index (κ3) is 3.91. The quantitative estimate of drug-likeness (QED) is 0.892. The summed E-state index contributed by atoms with van der Waals surface area (Å²) in [5.74, 6) is 0.916. The molecule has 0 aromatic heterocycles. The van der Waals surface area contributed by atoms with Gasteiger partial charge in [0.2, 0.25) is 5.91 Å². The van der Waals surface area contributed by atoms with E-state index < -0.39 is 0 Å². The molecule has 4 heteroatoms. The minimum Gasteiger partial charge on any atom is -0.496 e. The number of ether oxygens (including phenoxy) is 1. The summed E-state index contributed by atoms with van der Waals surface area (Å²) in [7, 11) is 1.65. The lowest BCUT2D eigenvalue weighted by Gasteiger charge is -2.13. The summed E-state index contributed by atoms with van der Waals surface area (Å²) in [5, 5.41) is 3.58. The molecule has 0 spiro atoms. The number of methoxy groups -OCH3 is 1. The molecule has 1 aromatic carbocycles. The number of hydrogen-bond acceptors (Lipinski definition) is 2. The number of halogens is 1. The second-order valence-electron chi connectivity index (χ2n) is 4.61. The zero-order valence-electron chi connectivity index (χ0n) is 11.3. The lowest BCUT2D eigenvalue weighted by atomic mass is 10.1. The topological polar surface area (TPSA) is 38.3 Å². The fraction of sp³-hybridized carbons (Fsp3) is 0.500. The molecule has 0 bridgehead atoms. The smallest absolute Gasteiger partial charge is 0.222 e. The van der Waals surface area contributed by atoms with Crippen LogP contribution in [0.2, 0.25) is 5.02 Å². The molecule has 1 aromatic rings. The van der Waals surface area contributed by atoms with Gasteiger partial charge in [-0.05, 0) is 36.6 Å². The van der Waals surface area contributed by atoms with Crippen LogP contribution in [0.5, 0.6) is 5.75 Å². The third-order valence-corrected chi connectivity index (χ3v) is 2.96. The van der Waals surface area contributed by atoms with E-state index in [1.807, 2.05) is 32.9 Å². The van der Waals surface area contributed by atoms with Crippen molar-refractivity contribution in [2.75, 3.05) is 13.7 Å². The van der Waals surface area contributed by atoms with Gasteiger partial charge in [-0.3, -0.25) is 4.79 Å². The molecule has 0 fully saturated rings. The zero-order valence-corrected chi connectivity index (χ0v) is 12.1. The van der Waals surface area contributed by atoms with Gasteiger partial charge in [-0.1, -0.05) is 25.4 Å². The van der Waals surface area contributed by atoms with Crippen molar-refractivity contribution in [1.82, 2.24) is 5.32 Å². The second-order valence-corrected chi connectivity index (χ2v) is 5.05. The lowest BCUT2D eigenvalue weighted by molar-refractivity contribution is -0.123. The van der Waals surface area contributed by atoms with E-state index in [9.17, 15) is 4.79 Å². The van der Waals surface area contributed by atoms with Gasteiger partial charge in [-0.2, -0.15) is 0 Å². The number of hydrogen-bond donors (Lipinski definition) is 1. The van der Waals surface area contributed by atoms with E-state index in [4.69, 9.17) is 16.3 Å². The maximum atomic E-state index is 11.5. The number of amides is 1. The fourth-order valence-electron chi connectivity index (χ4n) is 1.80. The lowest BCUT2D eigenvalue weighted by Crippen LogP contribution is -2.29. The van der Waals surface area contributed by atoms with Crippen molar-refractivity contribution >= 4 is 17.5 Å². The van der Waals surface area contributed by atoms with Gasteiger partial charge in [0.25, 0.3) is 0 Å². The van der Waals surface area contributed by atoms with Crippen LogP contribution in [-0.4, -0.2) is 19.6 Å². The van der Waals surface area contributed by atoms with Crippen LogP contribution in [0.4, 0.5) is 0 Å². The summed E-state index contributed by atoms with van der Waals surface area (Å²) in [6.07, 6.45) is 0.711. The Morgan fingerprint density at radius 1 is 1.44 bits per heavy atom. The third-order valence-electron chi connectivity index (χ3n) is 2.74. The van der Waals surface area contributed by atoms with Gasteiger partial charge in [-0.25, -0.2) is 0 Å². The predicted octanol–water partition coefficient (Wildman–Crippen LogP) is 2.97. The molecule has 0 saturated heterocycles. The molecule has 0 radical (unpaired) electrons. The van der Waals surface area contributed by atoms with Gasteiger partial charge in [0.15, 0.2) is 0 Å². The van der Waals surface area contributed by atoms with Gasteiger partial charge < -0.3 is 10.1 Å². The molecule has 1 rings (SSSR count). The molecule has 0 aliphatic carbocycles. The summed E-state index contributed by atoms with van der Waals surface area (Å²) in [4.78, 5) is 11.5. The molecular weight excluding hydrogens is 250 g/mol. The molecule has 18 heavy (non-hydrogen) atoms. The average Bonchev–Trinajstić information content (AvgIpc) is 2.28. The maximum absolute atomic E-state index is 11.5. The predicted molar refractivity (Wildman–Crippen MR) is 74.3 cm³/mol. The summed E-state index contributed by atoms with van der Waals surface area (Å²) in [5.41, 5.74) is 2.03. The van der Waals surface area contributed by atoms with E-state index in [2.05, 4.69) is 5.32 Å². The molecule has 0 unspecified atom stereocenters. The number of carbonyl (C=O) groups is 1. The number of nitrogens with one attached hydrogen (secondary N) is 1. The number of benzene rings is 1. The molecule has 0 atom stereocenters. The first-order chi connectivity index (χ1) is 8.45. The monoisotopic (exact) mass is 269 g/mol. The number of rotatable bonds is 5. The van der Waals surface area contributed by atoms with Crippen LogP contribution in [0.3, 0.4) is 0 Å². The Morgan fingerprint density at radius 2 is 2.11 bits per heavy atom. The van der Waals surface area contributed by atoms with E-state index in [0.717, 1.165) is 16.9 Å². The maximum Gasteiger partial charge on any atom is 0.222 e. The molecule has 0 saturated carbocycles. The Hall–Kier alpha value is -1.22. The number of aryl methyl sites for hydroxylation is 1. The molecular formula is C14H20ClNO2. The Morgan fingerprint density at radius 3 is 2.67 bits per heavy atom. The first-order valence-electron chi connectivity index (χ1n) is 6.06. The highest BCUT2D eigenvalue weighted by molar-refractivity contribution is 6.30. The molecule has 1 amide bonds. The van der Waals surface area contributed by atoms with Crippen LogP contribution in [-0.2, 0) is 11.2 Å². The Labute approximate surface area is 113 Å². The summed E-state index contributed by atoms with van der Waals surface area (Å²) >= 11 is 6.03. The van der Waals surface area contributed by atoms with Gasteiger partial charge in [-0.15, -0.1) is 0 Å². The van der Waals surface area contributed by atoms with Gasteiger partial charge >= 0.3 is 0 Å². The van der Waals surface area contributed by atoms with Crippen LogP contribution in [0.1, 0.15) is 25.0 Å². The standard InChI is InChI=1S/C14H20ClNO2/c1-9(2)14(17)16-6-5-11-8-12(15)7-10(3)13(11)18-4/h7-9H,5-6H2,1-4H3,(H,16,17). The van der Waals surface area contributed by atoms with Crippen LogP contribution >= 0.6 is 11.6 Å². The van der Waals surface area contributed by atoms with Crippen molar-refractivity contribution in [3.8, 4) is 5.75 Å². The van der Waals surface area contributed by atoms with Gasteiger partial charge in [0.05, 0.1) is 7.11 Å². The molecule has 0 aliphatic rings. The minimum absolute atomic E-state index is 0.00740. The van der Waals surface area contributed by atoms with Crippen molar-refractivity contribution in [2.24, 2.45) is 5.92 Å². The Balaban J connectivity index is 2.70. The van der Waals surface area contributed by atoms with E-state index in [1.165, 1.54) is 0 Å². The van der Waals surface area contributed by atoms with Crippen molar-refractivity contribution < 1.29 is 9.53 Å². The van der Waals surface area contributed by atoms with E-state index in [1.54, 1.807) is 7.11 Å². The zero-order chi connectivity index (χ0) is 13.7. The van der Waals surface area contributed by atoms with Crippen LogP contribution in [0.15, 0.2) is 12.1 Å². The van der Waals surface area contributed by atoms with E-state index in [-0.39, 0.29) is 11.8 Å². The van der Waals surface area contributed by atoms with Gasteiger partial charge in [0.1, 0.15) is 5.75 Å². The summed E-state index contributed by atoms with van der Waals surface area (Å²) in [6.45, 7) is 6.30.